The third-order valence-corrected chi connectivity index (χ3v) is 4.95. The molecule has 0 radical (unpaired) electrons. The van der Waals surface area contributed by atoms with Gasteiger partial charge in [0.15, 0.2) is 0 Å². The van der Waals surface area contributed by atoms with Gasteiger partial charge in [0, 0.05) is 24.7 Å². The maximum Gasteiger partial charge on any atom is 0.306 e. The summed E-state index contributed by atoms with van der Waals surface area (Å²) in [4.78, 5) is 10.9. The predicted molar refractivity (Wildman–Crippen MR) is 72.8 cm³/mol. The molecule has 1 heterocycles. The normalized spacial score (nSPS) is 29.4. The van der Waals surface area contributed by atoms with Crippen LogP contribution in [0.25, 0.3) is 0 Å². The van der Waals surface area contributed by atoms with E-state index in [0.717, 1.165) is 12.8 Å². The number of carboxylic acid groups (broad SMARTS) is 1. The molecule has 5 nitrogen and oxygen atoms in total. The molecule has 0 amide bonds. The second-order valence-electron chi connectivity index (χ2n) is 6.50. The van der Waals surface area contributed by atoms with Crippen LogP contribution in [0.3, 0.4) is 0 Å². The van der Waals surface area contributed by atoms with Crippen LogP contribution in [-0.4, -0.2) is 27.2 Å². The van der Waals surface area contributed by atoms with Crippen LogP contribution in [0.5, 0.6) is 0 Å². The molecule has 1 aromatic rings. The molecule has 2 aliphatic carbocycles. The van der Waals surface area contributed by atoms with Gasteiger partial charge in [0.25, 0.3) is 0 Å². The number of hydrogen-bond acceptors (Lipinski definition) is 4. The lowest BCUT2D eigenvalue weighted by atomic mass is 9.82. The van der Waals surface area contributed by atoms with Gasteiger partial charge in [0.1, 0.15) is 0 Å². The number of nitrogens with zero attached hydrogens (tertiary/aromatic N) is 2. The maximum atomic E-state index is 13.2. The van der Waals surface area contributed by atoms with Gasteiger partial charge < -0.3 is 9.52 Å². The van der Waals surface area contributed by atoms with Crippen molar-refractivity contribution in [3.63, 3.8) is 0 Å². The molecule has 0 bridgehead atoms. The predicted octanol–water partition coefficient (Wildman–Crippen LogP) is 3.72. The second kappa shape index (κ2) is 5.93. The van der Waals surface area contributed by atoms with Gasteiger partial charge in [-0.15, -0.1) is 10.2 Å². The van der Waals surface area contributed by atoms with E-state index in [2.05, 4.69) is 10.2 Å². The van der Waals surface area contributed by atoms with Crippen LogP contribution in [0.15, 0.2) is 4.42 Å². The average molecular weight is 314 g/mol. The zero-order valence-electron chi connectivity index (χ0n) is 12.3. The molecule has 0 saturated heterocycles. The van der Waals surface area contributed by atoms with E-state index in [-0.39, 0.29) is 30.6 Å². The van der Waals surface area contributed by atoms with Crippen molar-refractivity contribution < 1.29 is 23.1 Å². The minimum Gasteiger partial charge on any atom is -0.481 e. The standard InChI is InChI=1S/C15H20F2N2O3/c16-15(17)7-5-10(6-8-15)13-19-18-12(22-13)9-1-3-11(4-2-9)14(20)21/h9-11H,1-8H2,(H,20,21)/t9-,11-. The molecule has 3 rings (SSSR count). The summed E-state index contributed by atoms with van der Waals surface area (Å²) in [5.74, 6) is -2.55. The SMILES string of the molecule is O=C(O)[C@H]1CC[C@H](c2nnc(C3CCC(F)(F)CC3)o2)CC1. The molecule has 7 heteroatoms. The van der Waals surface area contributed by atoms with Crippen LogP contribution in [0.1, 0.15) is 75.0 Å². The number of carboxylic acids is 1. The summed E-state index contributed by atoms with van der Waals surface area (Å²) in [6.07, 6.45) is 3.18. The van der Waals surface area contributed by atoms with E-state index in [9.17, 15) is 13.6 Å². The molecule has 1 aromatic heterocycles. The van der Waals surface area contributed by atoms with Crippen LogP contribution in [0, 0.1) is 5.92 Å². The molecule has 2 fully saturated rings. The van der Waals surface area contributed by atoms with Crippen molar-refractivity contribution in [1.29, 1.82) is 0 Å². The number of carbonyl (C=O) groups is 1. The first kappa shape index (κ1) is 15.4. The fourth-order valence-corrected chi connectivity index (χ4v) is 3.45. The number of rotatable bonds is 3. The summed E-state index contributed by atoms with van der Waals surface area (Å²) in [5, 5.41) is 17.1. The highest BCUT2D eigenvalue weighted by Crippen LogP contribution is 2.41. The molecule has 22 heavy (non-hydrogen) atoms. The Morgan fingerprint density at radius 1 is 1.00 bits per heavy atom. The Bertz CT molecular complexity index is 529. The molecular formula is C15H20F2N2O3. The highest BCUT2D eigenvalue weighted by molar-refractivity contribution is 5.70. The summed E-state index contributed by atoms with van der Waals surface area (Å²) in [6.45, 7) is 0. The number of aliphatic carboxylic acids is 1. The van der Waals surface area contributed by atoms with E-state index in [0.29, 0.717) is 37.5 Å². The molecule has 122 valence electrons. The molecule has 0 atom stereocenters. The summed E-state index contributed by atoms with van der Waals surface area (Å²) >= 11 is 0. The molecule has 0 unspecified atom stereocenters. The van der Waals surface area contributed by atoms with Gasteiger partial charge in [0.2, 0.25) is 17.7 Å². The molecule has 2 saturated carbocycles. The summed E-state index contributed by atoms with van der Waals surface area (Å²) < 4.78 is 32.1. The van der Waals surface area contributed by atoms with Gasteiger partial charge in [-0.1, -0.05) is 0 Å². The largest absolute Gasteiger partial charge is 0.481 e. The van der Waals surface area contributed by atoms with Gasteiger partial charge in [0.05, 0.1) is 5.92 Å². The monoisotopic (exact) mass is 314 g/mol. The number of aromatic nitrogens is 2. The first-order chi connectivity index (χ1) is 10.4. The number of hydrogen-bond donors (Lipinski definition) is 1. The first-order valence-corrected chi connectivity index (χ1v) is 7.88. The Labute approximate surface area is 127 Å². The Morgan fingerprint density at radius 3 is 2.00 bits per heavy atom. The quantitative estimate of drug-likeness (QED) is 0.920. The average Bonchev–Trinajstić information content (AvgIpc) is 2.97. The van der Waals surface area contributed by atoms with Crippen molar-refractivity contribution in [3.05, 3.63) is 11.8 Å². The molecular weight excluding hydrogens is 294 g/mol. The molecule has 0 aliphatic heterocycles. The molecule has 0 spiro atoms. The lowest BCUT2D eigenvalue weighted by molar-refractivity contribution is -0.142. The van der Waals surface area contributed by atoms with Crippen molar-refractivity contribution in [2.45, 2.75) is 69.1 Å². The minimum absolute atomic E-state index is 0.0729. The fourth-order valence-electron chi connectivity index (χ4n) is 3.45. The van der Waals surface area contributed by atoms with E-state index in [1.54, 1.807) is 0 Å². The summed E-state index contributed by atoms with van der Waals surface area (Å²) in [7, 11) is 0. The Balaban J connectivity index is 1.59. The van der Waals surface area contributed by atoms with Crippen LogP contribution in [0.4, 0.5) is 8.78 Å². The Hall–Kier alpha value is -1.53. The van der Waals surface area contributed by atoms with E-state index in [1.807, 2.05) is 0 Å². The van der Waals surface area contributed by atoms with Crippen molar-refractivity contribution in [1.82, 2.24) is 10.2 Å². The molecule has 1 N–H and O–H groups in total. The summed E-state index contributed by atoms with van der Waals surface area (Å²) in [6, 6.07) is 0. The van der Waals surface area contributed by atoms with Gasteiger partial charge >= 0.3 is 5.97 Å². The van der Waals surface area contributed by atoms with Crippen molar-refractivity contribution in [3.8, 4) is 0 Å². The minimum atomic E-state index is -2.56. The van der Waals surface area contributed by atoms with Crippen LogP contribution >= 0.6 is 0 Å². The Kier molecular flexibility index (Phi) is 4.14. The lowest BCUT2D eigenvalue weighted by Crippen LogP contribution is -2.23. The zero-order chi connectivity index (χ0) is 15.7. The first-order valence-electron chi connectivity index (χ1n) is 7.88. The fraction of sp³-hybridized carbons (Fsp3) is 0.800. The van der Waals surface area contributed by atoms with Gasteiger partial charge in [-0.05, 0) is 38.5 Å². The third-order valence-electron chi connectivity index (χ3n) is 4.95. The van der Waals surface area contributed by atoms with E-state index in [1.165, 1.54) is 0 Å². The molecule has 2 aliphatic rings. The second-order valence-corrected chi connectivity index (χ2v) is 6.50. The topological polar surface area (TPSA) is 76.2 Å². The number of alkyl halides is 2. The van der Waals surface area contributed by atoms with E-state index in [4.69, 9.17) is 9.52 Å². The van der Waals surface area contributed by atoms with Crippen LogP contribution in [-0.2, 0) is 4.79 Å². The number of halogens is 2. The van der Waals surface area contributed by atoms with Crippen LogP contribution < -0.4 is 0 Å². The third kappa shape index (κ3) is 3.28. The lowest BCUT2D eigenvalue weighted by Gasteiger charge is -2.26. The van der Waals surface area contributed by atoms with Crippen molar-refractivity contribution >= 4 is 5.97 Å². The molecule has 0 aromatic carbocycles. The Morgan fingerprint density at radius 2 is 1.50 bits per heavy atom. The van der Waals surface area contributed by atoms with Gasteiger partial charge in [-0.3, -0.25) is 4.79 Å². The highest BCUT2D eigenvalue weighted by Gasteiger charge is 2.37. The van der Waals surface area contributed by atoms with Gasteiger partial charge in [-0.25, -0.2) is 8.78 Å². The van der Waals surface area contributed by atoms with E-state index >= 15 is 0 Å². The smallest absolute Gasteiger partial charge is 0.306 e. The van der Waals surface area contributed by atoms with Crippen LogP contribution in [0.2, 0.25) is 0 Å². The maximum absolute atomic E-state index is 13.2. The van der Waals surface area contributed by atoms with E-state index < -0.39 is 11.9 Å². The van der Waals surface area contributed by atoms with Crippen molar-refractivity contribution in [2.24, 2.45) is 5.92 Å². The highest BCUT2D eigenvalue weighted by atomic mass is 19.3. The summed E-state index contributed by atoms with van der Waals surface area (Å²) in [5.41, 5.74) is 0. The van der Waals surface area contributed by atoms with Crippen molar-refractivity contribution in [2.75, 3.05) is 0 Å². The van der Waals surface area contributed by atoms with Gasteiger partial charge in [-0.2, -0.15) is 0 Å². The zero-order valence-corrected chi connectivity index (χ0v) is 12.3.